The molecule has 0 amide bonds. The van der Waals surface area contributed by atoms with Crippen molar-refractivity contribution < 1.29 is 4.79 Å². The molecule has 0 bridgehead atoms. The molecule has 0 aromatic carbocycles. The Morgan fingerprint density at radius 2 is 2.27 bits per heavy atom. The fourth-order valence-electron chi connectivity index (χ4n) is 1.69. The number of ketones is 1. The second-order valence-electron chi connectivity index (χ2n) is 3.14. The maximum atomic E-state index is 11.0. The fourth-order valence-corrected chi connectivity index (χ4v) is 1.69. The number of hydrogen-bond acceptors (Lipinski definition) is 2. The fraction of sp³-hybridized carbons (Fsp3) is 0.444. The molecule has 58 valence electrons. The lowest BCUT2D eigenvalue weighted by Crippen LogP contribution is -2.12. The first-order chi connectivity index (χ1) is 5.27. The Labute approximate surface area is 66.2 Å². The van der Waals surface area contributed by atoms with Crippen LogP contribution in [0.2, 0.25) is 0 Å². The summed E-state index contributed by atoms with van der Waals surface area (Å²) >= 11 is 0. The quantitative estimate of drug-likeness (QED) is 0.514. The van der Waals surface area contributed by atoms with Gasteiger partial charge in [0.05, 0.1) is 0 Å². The molecule has 0 radical (unpaired) electrons. The van der Waals surface area contributed by atoms with Gasteiger partial charge >= 0.3 is 0 Å². The number of allylic oxidation sites excluding steroid dienone is 2. The molecule has 0 spiro atoms. The van der Waals surface area contributed by atoms with Gasteiger partial charge in [0.1, 0.15) is 0 Å². The van der Waals surface area contributed by atoms with E-state index in [-0.39, 0.29) is 5.78 Å². The molecule has 2 nitrogen and oxygen atoms in total. The molecular weight excluding hydrogens is 138 g/mol. The van der Waals surface area contributed by atoms with Gasteiger partial charge in [0, 0.05) is 25.7 Å². The van der Waals surface area contributed by atoms with Crippen LogP contribution in [0.15, 0.2) is 23.4 Å². The third-order valence-electron chi connectivity index (χ3n) is 2.34. The van der Waals surface area contributed by atoms with Gasteiger partial charge in [-0.3, -0.25) is 4.79 Å². The van der Waals surface area contributed by atoms with Crippen LogP contribution in [-0.2, 0) is 4.79 Å². The van der Waals surface area contributed by atoms with E-state index in [1.54, 1.807) is 6.08 Å². The SMILES string of the molecule is CN1CCC2=C1C=CC(=O)C2. The Balaban J connectivity index is 2.32. The summed E-state index contributed by atoms with van der Waals surface area (Å²) in [6, 6.07) is 0. The van der Waals surface area contributed by atoms with Crippen molar-refractivity contribution in [2.24, 2.45) is 0 Å². The molecule has 1 heterocycles. The lowest BCUT2D eigenvalue weighted by atomic mass is 10.0. The summed E-state index contributed by atoms with van der Waals surface area (Å²) in [4.78, 5) is 13.2. The summed E-state index contributed by atoms with van der Waals surface area (Å²) in [5, 5.41) is 0. The zero-order chi connectivity index (χ0) is 7.84. The molecule has 0 atom stereocenters. The van der Waals surface area contributed by atoms with Crippen LogP contribution in [0.25, 0.3) is 0 Å². The first-order valence-corrected chi connectivity index (χ1v) is 3.91. The van der Waals surface area contributed by atoms with Gasteiger partial charge in [0.25, 0.3) is 0 Å². The number of carbonyl (C=O) groups is 1. The summed E-state index contributed by atoms with van der Waals surface area (Å²) in [6.07, 6.45) is 5.34. The number of hydrogen-bond donors (Lipinski definition) is 0. The van der Waals surface area contributed by atoms with Crippen LogP contribution in [0.5, 0.6) is 0 Å². The minimum absolute atomic E-state index is 0.249. The minimum atomic E-state index is 0.249. The van der Waals surface area contributed by atoms with Crippen molar-refractivity contribution in [3.63, 3.8) is 0 Å². The van der Waals surface area contributed by atoms with Crippen molar-refractivity contribution >= 4 is 5.78 Å². The van der Waals surface area contributed by atoms with Crippen molar-refractivity contribution in [2.45, 2.75) is 12.8 Å². The van der Waals surface area contributed by atoms with E-state index in [1.807, 2.05) is 6.08 Å². The normalized spacial score (nSPS) is 23.0. The molecular formula is C9H11NO. The molecule has 0 saturated heterocycles. The van der Waals surface area contributed by atoms with Crippen LogP contribution >= 0.6 is 0 Å². The first-order valence-electron chi connectivity index (χ1n) is 3.91. The lowest BCUT2D eigenvalue weighted by Gasteiger charge is -2.14. The van der Waals surface area contributed by atoms with E-state index in [9.17, 15) is 4.79 Å². The average molecular weight is 149 g/mol. The van der Waals surface area contributed by atoms with Crippen molar-refractivity contribution in [1.29, 1.82) is 0 Å². The van der Waals surface area contributed by atoms with Crippen molar-refractivity contribution in [1.82, 2.24) is 4.90 Å². The highest BCUT2D eigenvalue weighted by molar-refractivity contribution is 5.93. The van der Waals surface area contributed by atoms with E-state index in [4.69, 9.17) is 0 Å². The molecule has 2 heteroatoms. The first kappa shape index (κ1) is 6.65. The number of rotatable bonds is 0. The van der Waals surface area contributed by atoms with Gasteiger partial charge in [-0.2, -0.15) is 0 Å². The molecule has 0 N–H and O–H groups in total. The van der Waals surface area contributed by atoms with E-state index >= 15 is 0 Å². The Morgan fingerprint density at radius 3 is 3.09 bits per heavy atom. The molecule has 2 aliphatic rings. The maximum Gasteiger partial charge on any atom is 0.159 e. The zero-order valence-corrected chi connectivity index (χ0v) is 6.63. The Morgan fingerprint density at radius 1 is 1.45 bits per heavy atom. The molecule has 0 aromatic rings. The molecule has 0 saturated carbocycles. The van der Waals surface area contributed by atoms with Crippen molar-refractivity contribution in [3.05, 3.63) is 23.4 Å². The van der Waals surface area contributed by atoms with Crippen molar-refractivity contribution in [3.8, 4) is 0 Å². The summed E-state index contributed by atoms with van der Waals surface area (Å²) in [5.41, 5.74) is 2.59. The number of nitrogens with zero attached hydrogens (tertiary/aromatic N) is 1. The second kappa shape index (κ2) is 2.22. The lowest BCUT2D eigenvalue weighted by molar-refractivity contribution is -0.114. The van der Waals surface area contributed by atoms with Gasteiger partial charge in [0.15, 0.2) is 5.78 Å². The van der Waals surface area contributed by atoms with Gasteiger partial charge in [-0.25, -0.2) is 0 Å². The monoisotopic (exact) mass is 149 g/mol. The Bertz CT molecular complexity index is 263. The standard InChI is InChI=1S/C9H11NO/c1-10-5-4-7-6-8(11)2-3-9(7)10/h2-3H,4-6H2,1H3. The van der Waals surface area contributed by atoms with Crippen LogP contribution in [0.4, 0.5) is 0 Å². The summed E-state index contributed by atoms with van der Waals surface area (Å²) in [6.45, 7) is 1.07. The third-order valence-corrected chi connectivity index (χ3v) is 2.34. The van der Waals surface area contributed by atoms with Crippen LogP contribution in [-0.4, -0.2) is 24.3 Å². The van der Waals surface area contributed by atoms with Gasteiger partial charge in [-0.1, -0.05) is 0 Å². The topological polar surface area (TPSA) is 20.3 Å². The molecule has 1 aliphatic heterocycles. The molecule has 1 aliphatic carbocycles. The van der Waals surface area contributed by atoms with Crippen molar-refractivity contribution in [2.75, 3.05) is 13.6 Å². The summed E-state index contributed by atoms with van der Waals surface area (Å²) < 4.78 is 0. The minimum Gasteiger partial charge on any atom is -0.374 e. The zero-order valence-electron chi connectivity index (χ0n) is 6.63. The molecule has 0 aromatic heterocycles. The van der Waals surface area contributed by atoms with Crippen LogP contribution in [0.1, 0.15) is 12.8 Å². The largest absolute Gasteiger partial charge is 0.374 e. The molecule has 0 fully saturated rings. The maximum absolute atomic E-state index is 11.0. The van der Waals surface area contributed by atoms with E-state index < -0.39 is 0 Å². The van der Waals surface area contributed by atoms with Crippen LogP contribution in [0.3, 0.4) is 0 Å². The van der Waals surface area contributed by atoms with E-state index in [0.29, 0.717) is 6.42 Å². The van der Waals surface area contributed by atoms with Gasteiger partial charge in [-0.05, 0) is 24.1 Å². The predicted octanol–water partition coefficient (Wildman–Crippen LogP) is 1.10. The van der Waals surface area contributed by atoms with Gasteiger partial charge in [-0.15, -0.1) is 0 Å². The van der Waals surface area contributed by atoms with Crippen LogP contribution < -0.4 is 0 Å². The number of likely N-dealkylation sites (N-methyl/N-ethyl adjacent to an activating group) is 1. The Kier molecular flexibility index (Phi) is 1.34. The molecule has 2 rings (SSSR count). The molecule has 11 heavy (non-hydrogen) atoms. The Hall–Kier alpha value is -1.05. The smallest absolute Gasteiger partial charge is 0.159 e. The van der Waals surface area contributed by atoms with Gasteiger partial charge < -0.3 is 4.90 Å². The van der Waals surface area contributed by atoms with E-state index in [2.05, 4.69) is 11.9 Å². The van der Waals surface area contributed by atoms with E-state index in [0.717, 1.165) is 13.0 Å². The second-order valence-corrected chi connectivity index (χ2v) is 3.14. The predicted molar refractivity (Wildman–Crippen MR) is 43.0 cm³/mol. The molecule has 0 unspecified atom stereocenters. The van der Waals surface area contributed by atoms with Gasteiger partial charge in [0.2, 0.25) is 0 Å². The third kappa shape index (κ3) is 0.985. The average Bonchev–Trinajstić information content (AvgIpc) is 2.32. The highest BCUT2D eigenvalue weighted by atomic mass is 16.1. The number of carbonyl (C=O) groups excluding carboxylic acids is 1. The highest BCUT2D eigenvalue weighted by Crippen LogP contribution is 2.27. The summed E-state index contributed by atoms with van der Waals surface area (Å²) in [7, 11) is 2.07. The van der Waals surface area contributed by atoms with Crippen LogP contribution in [0, 0.1) is 0 Å². The van der Waals surface area contributed by atoms with E-state index in [1.165, 1.54) is 11.3 Å². The summed E-state index contributed by atoms with van der Waals surface area (Å²) in [5.74, 6) is 0.249. The highest BCUT2D eigenvalue weighted by Gasteiger charge is 2.21.